The van der Waals surface area contributed by atoms with E-state index in [9.17, 15) is 9.59 Å². The minimum Gasteiger partial charge on any atom is -0.461 e. The maximum absolute atomic E-state index is 12.0. The number of rotatable bonds is 7. The minimum atomic E-state index is -0.592. The molecule has 0 amide bonds. The van der Waals surface area contributed by atoms with Gasteiger partial charge in [0.2, 0.25) is 0 Å². The van der Waals surface area contributed by atoms with Crippen LogP contribution in [0.1, 0.15) is 12.0 Å². The van der Waals surface area contributed by atoms with E-state index in [0.717, 1.165) is 20.8 Å². The van der Waals surface area contributed by atoms with E-state index in [1.54, 1.807) is 10.9 Å². The lowest BCUT2D eigenvalue weighted by molar-refractivity contribution is -0.145. The van der Waals surface area contributed by atoms with Crippen LogP contribution in [0.15, 0.2) is 69.5 Å². The molecule has 3 heterocycles. The number of carbonyl (C=O) groups excluding carboxylic acids is 1. The SMILES string of the molecule is O=C(CCn1nc(-c2cccs2)oc1=O)OCc1ccc(-n2cccn2)cc1. The van der Waals surface area contributed by atoms with Gasteiger partial charge >= 0.3 is 11.7 Å². The normalized spacial score (nSPS) is 10.9. The van der Waals surface area contributed by atoms with E-state index in [1.807, 2.05) is 54.0 Å². The second kappa shape index (κ2) is 8.05. The number of thiophene rings is 1. The van der Waals surface area contributed by atoms with Crippen LogP contribution in [0.2, 0.25) is 0 Å². The average molecular weight is 396 g/mol. The monoisotopic (exact) mass is 396 g/mol. The van der Waals surface area contributed by atoms with Gasteiger partial charge in [0.25, 0.3) is 5.89 Å². The lowest BCUT2D eigenvalue weighted by Crippen LogP contribution is -2.18. The van der Waals surface area contributed by atoms with Crippen molar-refractivity contribution in [1.29, 1.82) is 0 Å². The van der Waals surface area contributed by atoms with Gasteiger partial charge in [0.15, 0.2) is 0 Å². The lowest BCUT2D eigenvalue weighted by Gasteiger charge is -2.06. The van der Waals surface area contributed by atoms with Gasteiger partial charge in [0.05, 0.1) is 23.5 Å². The van der Waals surface area contributed by atoms with E-state index in [1.165, 1.54) is 11.3 Å². The van der Waals surface area contributed by atoms with Crippen LogP contribution in [-0.2, 0) is 22.7 Å². The van der Waals surface area contributed by atoms with Crippen LogP contribution in [-0.4, -0.2) is 25.5 Å². The third-order valence-electron chi connectivity index (χ3n) is 3.97. The van der Waals surface area contributed by atoms with E-state index < -0.39 is 11.7 Å². The molecule has 3 aromatic heterocycles. The summed E-state index contributed by atoms with van der Waals surface area (Å²) >= 11 is 1.42. The summed E-state index contributed by atoms with van der Waals surface area (Å²) in [5.41, 5.74) is 1.79. The molecule has 0 N–H and O–H groups in total. The van der Waals surface area contributed by atoms with Crippen LogP contribution in [0.5, 0.6) is 0 Å². The molecule has 0 aliphatic heterocycles. The first-order valence-corrected chi connectivity index (χ1v) is 9.43. The molecule has 1 aromatic carbocycles. The highest BCUT2D eigenvalue weighted by Gasteiger charge is 2.13. The highest BCUT2D eigenvalue weighted by Crippen LogP contribution is 2.21. The first-order chi connectivity index (χ1) is 13.7. The predicted molar refractivity (Wildman–Crippen MR) is 102 cm³/mol. The van der Waals surface area contributed by atoms with Gasteiger partial charge in [-0.1, -0.05) is 18.2 Å². The van der Waals surface area contributed by atoms with Gasteiger partial charge in [-0.3, -0.25) is 4.79 Å². The minimum absolute atomic E-state index is 0.0295. The Morgan fingerprint density at radius 3 is 2.75 bits per heavy atom. The highest BCUT2D eigenvalue weighted by atomic mass is 32.1. The fourth-order valence-electron chi connectivity index (χ4n) is 2.55. The van der Waals surface area contributed by atoms with E-state index >= 15 is 0 Å². The van der Waals surface area contributed by atoms with Crippen molar-refractivity contribution in [3.05, 3.63) is 76.4 Å². The van der Waals surface area contributed by atoms with Crippen molar-refractivity contribution in [3.63, 3.8) is 0 Å². The number of benzene rings is 1. The molecule has 0 saturated heterocycles. The molecule has 0 aliphatic carbocycles. The fourth-order valence-corrected chi connectivity index (χ4v) is 3.19. The Morgan fingerprint density at radius 2 is 2.04 bits per heavy atom. The Balaban J connectivity index is 1.29. The van der Waals surface area contributed by atoms with E-state index in [0.29, 0.717) is 0 Å². The summed E-state index contributed by atoms with van der Waals surface area (Å²) < 4.78 is 13.3. The van der Waals surface area contributed by atoms with Crippen LogP contribution in [0, 0.1) is 0 Å². The first kappa shape index (κ1) is 17.9. The molecular weight excluding hydrogens is 380 g/mol. The lowest BCUT2D eigenvalue weighted by atomic mass is 10.2. The maximum Gasteiger partial charge on any atom is 0.437 e. The van der Waals surface area contributed by atoms with Crippen LogP contribution in [0.4, 0.5) is 0 Å². The van der Waals surface area contributed by atoms with Crippen molar-refractivity contribution in [2.75, 3.05) is 0 Å². The first-order valence-electron chi connectivity index (χ1n) is 8.55. The summed E-state index contributed by atoms with van der Waals surface area (Å²) in [6.45, 7) is 0.261. The maximum atomic E-state index is 12.0. The van der Waals surface area contributed by atoms with Crippen molar-refractivity contribution in [2.24, 2.45) is 0 Å². The summed E-state index contributed by atoms with van der Waals surface area (Å²) in [6.07, 6.45) is 3.59. The number of hydrogen-bond donors (Lipinski definition) is 0. The summed E-state index contributed by atoms with van der Waals surface area (Å²) in [5, 5.41) is 10.1. The smallest absolute Gasteiger partial charge is 0.437 e. The molecule has 4 aromatic rings. The predicted octanol–water partition coefficient (Wildman–Crippen LogP) is 2.88. The number of ether oxygens (including phenoxy) is 1. The second-order valence-electron chi connectivity index (χ2n) is 5.90. The summed E-state index contributed by atoms with van der Waals surface area (Å²) in [7, 11) is 0. The Bertz CT molecular complexity index is 1100. The molecule has 4 rings (SSSR count). The molecule has 0 unspecified atom stereocenters. The zero-order chi connectivity index (χ0) is 19.3. The summed E-state index contributed by atoms with van der Waals surface area (Å²) in [4.78, 5) is 24.6. The van der Waals surface area contributed by atoms with Crippen molar-refractivity contribution in [1.82, 2.24) is 19.6 Å². The van der Waals surface area contributed by atoms with Gasteiger partial charge in [-0.25, -0.2) is 9.48 Å². The molecule has 0 spiro atoms. The van der Waals surface area contributed by atoms with Gasteiger partial charge in [0, 0.05) is 12.4 Å². The average Bonchev–Trinajstić information content (AvgIpc) is 3.46. The van der Waals surface area contributed by atoms with E-state index in [2.05, 4.69) is 10.2 Å². The van der Waals surface area contributed by atoms with Crippen molar-refractivity contribution >= 4 is 17.3 Å². The quantitative estimate of drug-likeness (QED) is 0.446. The van der Waals surface area contributed by atoms with Gasteiger partial charge in [-0.15, -0.1) is 16.4 Å². The third-order valence-corrected chi connectivity index (χ3v) is 4.83. The zero-order valence-corrected chi connectivity index (χ0v) is 15.5. The molecule has 0 aliphatic rings. The molecule has 0 radical (unpaired) electrons. The van der Waals surface area contributed by atoms with Gasteiger partial charge in [0.1, 0.15) is 6.61 Å². The van der Waals surface area contributed by atoms with Gasteiger partial charge in [-0.05, 0) is 35.2 Å². The Labute approximate surface area is 163 Å². The summed E-state index contributed by atoms with van der Waals surface area (Å²) in [5.74, 6) is -0.750. The molecule has 0 fully saturated rings. The highest BCUT2D eigenvalue weighted by molar-refractivity contribution is 7.13. The number of esters is 1. The number of aromatic nitrogens is 4. The zero-order valence-electron chi connectivity index (χ0n) is 14.7. The number of hydrogen-bond acceptors (Lipinski definition) is 7. The van der Waals surface area contributed by atoms with Gasteiger partial charge < -0.3 is 9.15 Å². The summed E-state index contributed by atoms with van der Waals surface area (Å²) in [6, 6.07) is 13.1. The van der Waals surface area contributed by atoms with Crippen LogP contribution < -0.4 is 5.76 Å². The van der Waals surface area contributed by atoms with Crippen LogP contribution in [0.3, 0.4) is 0 Å². The van der Waals surface area contributed by atoms with Crippen molar-refractivity contribution in [2.45, 2.75) is 19.6 Å². The number of nitrogens with zero attached hydrogens (tertiary/aromatic N) is 4. The molecule has 0 bridgehead atoms. The number of carbonyl (C=O) groups is 1. The molecule has 28 heavy (non-hydrogen) atoms. The van der Waals surface area contributed by atoms with Crippen LogP contribution >= 0.6 is 11.3 Å². The van der Waals surface area contributed by atoms with Crippen molar-refractivity contribution in [3.8, 4) is 16.5 Å². The topological polar surface area (TPSA) is 92.1 Å². The molecule has 142 valence electrons. The Kier molecular flexibility index (Phi) is 5.16. The standard InChI is InChI=1S/C19H16N4O4S/c24-17(8-11-23-19(25)27-18(21-23)16-3-1-12-28-16)26-13-14-4-6-15(7-5-14)22-10-2-9-20-22/h1-7,9-10,12H,8,11,13H2. The molecule has 0 saturated carbocycles. The fraction of sp³-hybridized carbons (Fsp3) is 0.158. The molecule has 9 heteroatoms. The van der Waals surface area contributed by atoms with Gasteiger partial charge in [-0.2, -0.15) is 9.78 Å². The van der Waals surface area contributed by atoms with Crippen LogP contribution in [0.25, 0.3) is 16.5 Å². The largest absolute Gasteiger partial charge is 0.461 e. The molecule has 0 atom stereocenters. The van der Waals surface area contributed by atoms with E-state index in [-0.39, 0.29) is 25.5 Å². The molecular formula is C19H16N4O4S. The second-order valence-corrected chi connectivity index (χ2v) is 6.85. The Morgan fingerprint density at radius 1 is 1.18 bits per heavy atom. The van der Waals surface area contributed by atoms with E-state index in [4.69, 9.17) is 9.15 Å². The Hall–Kier alpha value is -3.46. The van der Waals surface area contributed by atoms with Crippen molar-refractivity contribution < 1.29 is 13.9 Å². The molecule has 8 nitrogen and oxygen atoms in total. The number of aryl methyl sites for hydroxylation is 1. The third kappa shape index (κ3) is 4.09.